The van der Waals surface area contributed by atoms with Crippen molar-refractivity contribution in [2.75, 3.05) is 13.7 Å². The molecule has 0 atom stereocenters. The molecule has 0 saturated heterocycles. The lowest BCUT2D eigenvalue weighted by Crippen LogP contribution is -2.36. The number of ether oxygens (including phenoxy) is 1. The van der Waals surface area contributed by atoms with Crippen molar-refractivity contribution in [2.45, 2.75) is 27.2 Å². The van der Waals surface area contributed by atoms with Crippen LogP contribution in [-0.4, -0.2) is 37.0 Å². The minimum absolute atomic E-state index is 0.00295. The maximum Gasteiger partial charge on any atom is 0.491 e. The monoisotopic (exact) mass is 305 g/mol. The van der Waals surface area contributed by atoms with Gasteiger partial charge in [0.15, 0.2) is 0 Å². The summed E-state index contributed by atoms with van der Waals surface area (Å²) < 4.78 is 15.1. The fourth-order valence-electron chi connectivity index (χ4n) is 1.86. The van der Waals surface area contributed by atoms with E-state index in [0.717, 1.165) is 6.42 Å². The number of aromatic nitrogens is 1. The van der Waals surface area contributed by atoms with Crippen LogP contribution in [0.1, 0.15) is 37.7 Å². The Hall–Kier alpha value is -1.86. The highest BCUT2D eigenvalue weighted by Gasteiger charge is 2.24. The molecule has 0 amide bonds. The van der Waals surface area contributed by atoms with Crippen LogP contribution in [0.2, 0.25) is 0 Å². The number of methoxy groups -OCH3 is 1. The molecule has 0 bridgehead atoms. The lowest BCUT2D eigenvalue weighted by molar-refractivity contribution is 0.0558. The minimum Gasteiger partial charge on any atom is -0.463 e. The maximum atomic E-state index is 11.5. The number of fused-ring (bicyclic) bond motifs is 1. The van der Waals surface area contributed by atoms with Gasteiger partial charge in [-0.05, 0) is 29.4 Å². The van der Waals surface area contributed by atoms with Gasteiger partial charge in [-0.1, -0.05) is 32.0 Å². The molecule has 7 heteroatoms. The zero-order valence-corrected chi connectivity index (χ0v) is 13.3. The molecule has 0 spiro atoms. The summed E-state index contributed by atoms with van der Waals surface area (Å²) in [6.45, 7) is 6.66. The Morgan fingerprint density at radius 1 is 1.45 bits per heavy atom. The lowest BCUT2D eigenvalue weighted by Gasteiger charge is -2.23. The van der Waals surface area contributed by atoms with E-state index >= 15 is 0 Å². The summed E-state index contributed by atoms with van der Waals surface area (Å²) in [6.07, 6.45) is 0.949. The minimum atomic E-state index is -1.05. The first-order valence-electron chi connectivity index (χ1n) is 7.15. The molecule has 0 saturated carbocycles. The van der Waals surface area contributed by atoms with Crippen molar-refractivity contribution in [1.82, 2.24) is 5.16 Å². The third-order valence-corrected chi connectivity index (χ3v) is 3.75. The van der Waals surface area contributed by atoms with Crippen LogP contribution in [0.25, 0.3) is 10.9 Å². The summed E-state index contributed by atoms with van der Waals surface area (Å²) in [7, 11) is 0.228. The van der Waals surface area contributed by atoms with Crippen molar-refractivity contribution in [2.24, 2.45) is 5.41 Å². The van der Waals surface area contributed by atoms with Gasteiger partial charge in [0, 0.05) is 6.61 Å². The fourth-order valence-corrected chi connectivity index (χ4v) is 1.86. The number of carbonyl (C=O) groups excluding carboxylic acids is 1. The summed E-state index contributed by atoms with van der Waals surface area (Å²) in [6, 6.07) is 4.97. The molecule has 2 rings (SSSR count). The molecule has 1 aromatic heterocycles. The molecule has 0 radical (unpaired) electrons. The zero-order chi connectivity index (χ0) is 16.3. The van der Waals surface area contributed by atoms with E-state index < -0.39 is 13.1 Å². The Balaban J connectivity index is 2.18. The number of hydrogen-bond donors (Lipinski definition) is 1. The second-order valence-electron chi connectivity index (χ2n) is 5.96. The summed E-state index contributed by atoms with van der Waals surface area (Å²) in [5.74, 6) is -0.539. The van der Waals surface area contributed by atoms with E-state index in [1.165, 1.54) is 7.11 Å². The molecular formula is C15H20BNO5. The fraction of sp³-hybridized carbons (Fsp3) is 0.467. The van der Waals surface area contributed by atoms with Crippen LogP contribution in [0.4, 0.5) is 0 Å². The highest BCUT2D eigenvalue weighted by atomic mass is 16.5. The third-order valence-electron chi connectivity index (χ3n) is 3.75. The van der Waals surface area contributed by atoms with E-state index in [2.05, 4.69) is 30.7 Å². The Kier molecular flexibility index (Phi) is 4.88. The molecule has 1 aromatic carbocycles. The van der Waals surface area contributed by atoms with E-state index in [1.54, 1.807) is 18.2 Å². The molecule has 0 fully saturated rings. The van der Waals surface area contributed by atoms with Crippen molar-refractivity contribution in [1.29, 1.82) is 0 Å². The molecule has 0 aliphatic carbocycles. The largest absolute Gasteiger partial charge is 0.491 e. The van der Waals surface area contributed by atoms with Crippen LogP contribution in [0.15, 0.2) is 22.7 Å². The molecule has 1 heterocycles. The predicted molar refractivity (Wildman–Crippen MR) is 83.0 cm³/mol. The first-order valence-corrected chi connectivity index (χ1v) is 7.15. The normalized spacial score (nSPS) is 11.7. The van der Waals surface area contributed by atoms with Gasteiger partial charge in [0.1, 0.15) is 5.52 Å². The van der Waals surface area contributed by atoms with Crippen molar-refractivity contribution in [3.63, 3.8) is 0 Å². The molecule has 6 nitrogen and oxygen atoms in total. The molecule has 0 unspecified atom stereocenters. The van der Waals surface area contributed by atoms with Crippen molar-refractivity contribution in [3.8, 4) is 0 Å². The van der Waals surface area contributed by atoms with Crippen LogP contribution >= 0.6 is 0 Å². The third kappa shape index (κ3) is 3.48. The maximum absolute atomic E-state index is 11.5. The van der Waals surface area contributed by atoms with Gasteiger partial charge in [0.2, 0.25) is 0 Å². The van der Waals surface area contributed by atoms with Gasteiger partial charge in [-0.3, -0.25) is 0 Å². The topological polar surface area (TPSA) is 81.8 Å². The van der Waals surface area contributed by atoms with Crippen LogP contribution in [-0.2, 0) is 9.39 Å². The number of benzene rings is 1. The molecule has 0 aliphatic heterocycles. The SMILES string of the molecule is CCC(C)(C)COB(O)c1ccc2c(C(=O)OC)onc2c1. The Morgan fingerprint density at radius 2 is 2.18 bits per heavy atom. The standard InChI is InChI=1S/C15H20BNO5/c1-5-15(2,3)9-21-16(19)10-6-7-11-12(8-10)17-22-13(11)14(18)20-4/h6-8,19H,5,9H2,1-4H3. The molecular weight excluding hydrogens is 285 g/mol. The number of esters is 1. The van der Waals surface area contributed by atoms with E-state index in [4.69, 9.17) is 9.18 Å². The highest BCUT2D eigenvalue weighted by Crippen LogP contribution is 2.20. The van der Waals surface area contributed by atoms with Crippen LogP contribution < -0.4 is 5.46 Å². The zero-order valence-electron chi connectivity index (χ0n) is 13.3. The van der Waals surface area contributed by atoms with Gasteiger partial charge < -0.3 is 18.9 Å². The summed E-state index contributed by atoms with van der Waals surface area (Å²) in [5, 5.41) is 14.5. The van der Waals surface area contributed by atoms with Crippen molar-refractivity contribution < 1.29 is 23.7 Å². The van der Waals surface area contributed by atoms with Gasteiger partial charge in [0.05, 0.1) is 12.5 Å². The molecule has 2 aromatic rings. The van der Waals surface area contributed by atoms with Gasteiger partial charge in [-0.15, -0.1) is 0 Å². The van der Waals surface area contributed by atoms with E-state index in [9.17, 15) is 9.82 Å². The average Bonchev–Trinajstić information content (AvgIpc) is 2.95. The second-order valence-corrected chi connectivity index (χ2v) is 5.96. The Labute approximate surface area is 129 Å². The molecule has 22 heavy (non-hydrogen) atoms. The number of rotatable bonds is 6. The average molecular weight is 305 g/mol. The highest BCUT2D eigenvalue weighted by molar-refractivity contribution is 6.60. The number of nitrogens with zero attached hydrogens (tertiary/aromatic N) is 1. The van der Waals surface area contributed by atoms with Crippen LogP contribution in [0, 0.1) is 5.41 Å². The quantitative estimate of drug-likeness (QED) is 0.647. The lowest BCUT2D eigenvalue weighted by atomic mass is 9.78. The number of carbonyl (C=O) groups is 1. The van der Waals surface area contributed by atoms with E-state index in [0.29, 0.717) is 23.0 Å². The van der Waals surface area contributed by atoms with Gasteiger partial charge >= 0.3 is 13.1 Å². The molecule has 0 aliphatic rings. The van der Waals surface area contributed by atoms with Gasteiger partial charge in [0.25, 0.3) is 5.76 Å². The van der Waals surface area contributed by atoms with E-state index in [1.807, 2.05) is 0 Å². The smallest absolute Gasteiger partial charge is 0.463 e. The Bertz CT molecular complexity index is 667. The van der Waals surface area contributed by atoms with Crippen LogP contribution in [0.3, 0.4) is 0 Å². The summed E-state index contributed by atoms with van der Waals surface area (Å²) >= 11 is 0. The van der Waals surface area contributed by atoms with Crippen molar-refractivity contribution in [3.05, 3.63) is 24.0 Å². The predicted octanol–water partition coefficient (Wildman–Crippen LogP) is 1.75. The van der Waals surface area contributed by atoms with Crippen LogP contribution in [0.5, 0.6) is 0 Å². The number of hydrogen-bond acceptors (Lipinski definition) is 6. The first kappa shape index (κ1) is 16.5. The van der Waals surface area contributed by atoms with Gasteiger partial charge in [-0.2, -0.15) is 0 Å². The van der Waals surface area contributed by atoms with Gasteiger partial charge in [-0.25, -0.2) is 4.79 Å². The van der Waals surface area contributed by atoms with Crippen molar-refractivity contribution >= 4 is 29.5 Å². The summed E-state index contributed by atoms with van der Waals surface area (Å²) in [5.41, 5.74) is 1.02. The Morgan fingerprint density at radius 3 is 2.82 bits per heavy atom. The van der Waals surface area contributed by atoms with E-state index in [-0.39, 0.29) is 11.2 Å². The first-order chi connectivity index (χ1) is 10.4. The molecule has 1 N–H and O–H groups in total. The second kappa shape index (κ2) is 6.50. The summed E-state index contributed by atoms with van der Waals surface area (Å²) in [4.78, 5) is 11.5. The molecule has 118 valence electrons.